The van der Waals surface area contributed by atoms with Crippen LogP contribution < -0.4 is 10.5 Å². The van der Waals surface area contributed by atoms with E-state index in [-0.39, 0.29) is 11.4 Å². The van der Waals surface area contributed by atoms with Crippen LogP contribution in [0.5, 0.6) is 0 Å². The highest BCUT2D eigenvalue weighted by Gasteiger charge is 2.21. The summed E-state index contributed by atoms with van der Waals surface area (Å²) in [5.74, 6) is -0.621. The SMILES string of the molecule is CC(NS(=O)(=O)c1cc(F)ccc1CN)c1ccncc1. The first-order valence-electron chi connectivity index (χ1n) is 6.35. The molecule has 0 radical (unpaired) electrons. The number of pyridine rings is 1. The van der Waals surface area contributed by atoms with Crippen molar-refractivity contribution in [1.29, 1.82) is 0 Å². The maximum atomic E-state index is 13.3. The van der Waals surface area contributed by atoms with E-state index < -0.39 is 21.9 Å². The van der Waals surface area contributed by atoms with Gasteiger partial charge in [-0.2, -0.15) is 0 Å². The molecule has 0 amide bonds. The lowest BCUT2D eigenvalue weighted by Gasteiger charge is -2.16. The van der Waals surface area contributed by atoms with Crippen LogP contribution in [0.3, 0.4) is 0 Å². The molecular weight excluding hydrogens is 293 g/mol. The zero-order valence-corrected chi connectivity index (χ0v) is 12.3. The maximum absolute atomic E-state index is 13.3. The summed E-state index contributed by atoms with van der Waals surface area (Å²) in [5.41, 5.74) is 6.65. The van der Waals surface area contributed by atoms with Crippen molar-refractivity contribution in [1.82, 2.24) is 9.71 Å². The monoisotopic (exact) mass is 309 g/mol. The average Bonchev–Trinajstić information content (AvgIpc) is 2.47. The molecule has 0 spiro atoms. The zero-order valence-electron chi connectivity index (χ0n) is 11.5. The van der Waals surface area contributed by atoms with Crippen LogP contribution in [-0.2, 0) is 16.6 Å². The Morgan fingerprint density at radius 3 is 2.57 bits per heavy atom. The molecule has 2 rings (SSSR count). The van der Waals surface area contributed by atoms with Gasteiger partial charge in [-0.15, -0.1) is 0 Å². The van der Waals surface area contributed by atoms with Gasteiger partial charge in [-0.3, -0.25) is 4.98 Å². The highest BCUT2D eigenvalue weighted by Crippen LogP contribution is 2.20. The first-order chi connectivity index (χ1) is 9.94. The van der Waals surface area contributed by atoms with Gasteiger partial charge in [0.2, 0.25) is 10.0 Å². The van der Waals surface area contributed by atoms with E-state index in [0.29, 0.717) is 5.56 Å². The minimum Gasteiger partial charge on any atom is -0.326 e. The third kappa shape index (κ3) is 3.63. The number of hydrogen-bond acceptors (Lipinski definition) is 4. The third-order valence-corrected chi connectivity index (χ3v) is 4.70. The molecule has 3 N–H and O–H groups in total. The van der Waals surface area contributed by atoms with Crippen LogP contribution in [0.4, 0.5) is 4.39 Å². The second-order valence-corrected chi connectivity index (χ2v) is 6.26. The van der Waals surface area contributed by atoms with Gasteiger partial charge >= 0.3 is 0 Å². The molecule has 7 heteroatoms. The molecule has 0 aliphatic rings. The molecule has 0 aliphatic heterocycles. The number of nitrogens with two attached hydrogens (primary N) is 1. The van der Waals surface area contributed by atoms with Crippen LogP contribution in [0.1, 0.15) is 24.1 Å². The van der Waals surface area contributed by atoms with Crippen molar-refractivity contribution in [2.45, 2.75) is 24.4 Å². The van der Waals surface area contributed by atoms with Crippen LogP contribution in [-0.4, -0.2) is 13.4 Å². The molecule has 0 saturated carbocycles. The number of sulfonamides is 1. The number of nitrogens with zero attached hydrogens (tertiary/aromatic N) is 1. The molecule has 1 heterocycles. The number of benzene rings is 1. The van der Waals surface area contributed by atoms with E-state index in [4.69, 9.17) is 5.73 Å². The molecule has 5 nitrogen and oxygen atoms in total. The number of nitrogens with one attached hydrogen (secondary N) is 1. The van der Waals surface area contributed by atoms with E-state index in [9.17, 15) is 12.8 Å². The number of halogens is 1. The molecule has 21 heavy (non-hydrogen) atoms. The van der Waals surface area contributed by atoms with Gasteiger partial charge in [0, 0.05) is 25.0 Å². The Labute approximate surface area is 123 Å². The van der Waals surface area contributed by atoms with Crippen LogP contribution in [0, 0.1) is 5.82 Å². The first-order valence-corrected chi connectivity index (χ1v) is 7.83. The van der Waals surface area contributed by atoms with Gasteiger partial charge < -0.3 is 5.73 Å². The lowest BCUT2D eigenvalue weighted by molar-refractivity contribution is 0.562. The molecule has 0 fully saturated rings. The summed E-state index contributed by atoms with van der Waals surface area (Å²) >= 11 is 0. The summed E-state index contributed by atoms with van der Waals surface area (Å²) in [6.07, 6.45) is 3.15. The minimum atomic E-state index is -3.86. The molecule has 112 valence electrons. The van der Waals surface area contributed by atoms with Gasteiger partial charge in [0.25, 0.3) is 0 Å². The average molecular weight is 309 g/mol. The topological polar surface area (TPSA) is 85.1 Å². The lowest BCUT2D eigenvalue weighted by Crippen LogP contribution is -2.28. The highest BCUT2D eigenvalue weighted by atomic mass is 32.2. The molecule has 2 aromatic rings. The Balaban J connectivity index is 2.33. The molecular formula is C14H16FN3O2S. The Morgan fingerprint density at radius 1 is 1.29 bits per heavy atom. The van der Waals surface area contributed by atoms with E-state index in [1.165, 1.54) is 12.1 Å². The number of rotatable bonds is 5. The van der Waals surface area contributed by atoms with E-state index in [0.717, 1.165) is 11.6 Å². The van der Waals surface area contributed by atoms with Crippen molar-refractivity contribution in [3.63, 3.8) is 0 Å². The van der Waals surface area contributed by atoms with E-state index in [1.807, 2.05) is 0 Å². The largest absolute Gasteiger partial charge is 0.326 e. The smallest absolute Gasteiger partial charge is 0.241 e. The van der Waals surface area contributed by atoms with Gasteiger partial charge in [0.1, 0.15) is 5.82 Å². The summed E-state index contributed by atoms with van der Waals surface area (Å²) in [5, 5.41) is 0. The van der Waals surface area contributed by atoms with Gasteiger partial charge in [0.15, 0.2) is 0 Å². The van der Waals surface area contributed by atoms with Crippen LogP contribution in [0.15, 0.2) is 47.6 Å². The van der Waals surface area contributed by atoms with Crippen molar-refractivity contribution in [3.8, 4) is 0 Å². The molecule has 0 saturated heterocycles. The second-order valence-electron chi connectivity index (χ2n) is 4.58. The summed E-state index contributed by atoms with van der Waals surface area (Å²) in [4.78, 5) is 3.74. The fourth-order valence-electron chi connectivity index (χ4n) is 1.96. The molecule has 1 atom stereocenters. The summed E-state index contributed by atoms with van der Waals surface area (Å²) in [6, 6.07) is 6.50. The summed E-state index contributed by atoms with van der Waals surface area (Å²) in [6.45, 7) is 1.72. The standard InChI is InChI=1S/C14H16FN3O2S/c1-10(11-4-6-17-7-5-11)18-21(19,20)14-8-13(15)3-2-12(14)9-16/h2-8,10,18H,9,16H2,1H3. The van der Waals surface area contributed by atoms with Crippen LogP contribution in [0.25, 0.3) is 0 Å². The van der Waals surface area contributed by atoms with Gasteiger partial charge in [0.05, 0.1) is 4.90 Å². The van der Waals surface area contributed by atoms with Crippen LogP contribution >= 0.6 is 0 Å². The van der Waals surface area contributed by atoms with Gasteiger partial charge in [-0.05, 0) is 42.3 Å². The first kappa shape index (κ1) is 15.6. The van der Waals surface area contributed by atoms with Crippen molar-refractivity contribution >= 4 is 10.0 Å². The minimum absolute atomic E-state index is 0.0140. The van der Waals surface area contributed by atoms with Gasteiger partial charge in [-0.1, -0.05) is 6.07 Å². The van der Waals surface area contributed by atoms with Crippen molar-refractivity contribution in [3.05, 3.63) is 59.7 Å². The fourth-order valence-corrected chi connectivity index (χ4v) is 3.46. The molecule has 1 unspecified atom stereocenters. The third-order valence-electron chi connectivity index (χ3n) is 3.08. The Bertz CT molecular complexity index is 720. The molecule has 0 bridgehead atoms. The van der Waals surface area contributed by atoms with E-state index >= 15 is 0 Å². The second kappa shape index (κ2) is 6.30. The van der Waals surface area contributed by atoms with Crippen molar-refractivity contribution in [2.24, 2.45) is 5.73 Å². The number of aromatic nitrogens is 1. The predicted octanol–water partition coefficient (Wildman–Crippen LogP) is 1.72. The quantitative estimate of drug-likeness (QED) is 0.880. The Hall–Kier alpha value is -1.83. The zero-order chi connectivity index (χ0) is 15.5. The van der Waals surface area contributed by atoms with E-state index in [2.05, 4.69) is 9.71 Å². The molecule has 0 aliphatic carbocycles. The fraction of sp³-hybridized carbons (Fsp3) is 0.214. The normalized spacial score (nSPS) is 13.1. The maximum Gasteiger partial charge on any atom is 0.241 e. The summed E-state index contributed by atoms with van der Waals surface area (Å²) < 4.78 is 40.6. The predicted molar refractivity (Wildman–Crippen MR) is 77.3 cm³/mol. The Morgan fingerprint density at radius 2 is 1.95 bits per heavy atom. The Kier molecular flexibility index (Phi) is 4.66. The van der Waals surface area contributed by atoms with Crippen molar-refractivity contribution < 1.29 is 12.8 Å². The number of hydrogen-bond donors (Lipinski definition) is 2. The molecule has 1 aromatic heterocycles. The van der Waals surface area contributed by atoms with Gasteiger partial charge in [-0.25, -0.2) is 17.5 Å². The summed E-state index contributed by atoms with van der Waals surface area (Å²) in [7, 11) is -3.86. The lowest BCUT2D eigenvalue weighted by atomic mass is 10.1. The highest BCUT2D eigenvalue weighted by molar-refractivity contribution is 7.89. The van der Waals surface area contributed by atoms with Crippen LogP contribution in [0.2, 0.25) is 0 Å². The molecule has 1 aromatic carbocycles. The van der Waals surface area contributed by atoms with Crippen molar-refractivity contribution in [2.75, 3.05) is 0 Å². The van der Waals surface area contributed by atoms with E-state index in [1.54, 1.807) is 31.5 Å².